The van der Waals surface area contributed by atoms with Crippen molar-refractivity contribution in [2.24, 2.45) is 5.10 Å². The van der Waals surface area contributed by atoms with Gasteiger partial charge >= 0.3 is 5.97 Å². The van der Waals surface area contributed by atoms with Gasteiger partial charge < -0.3 is 14.2 Å². The monoisotopic (exact) mass is 586 g/mol. The molecule has 1 atom stereocenters. The summed E-state index contributed by atoms with van der Waals surface area (Å²) >= 11 is 3.41. The third-order valence-corrected chi connectivity index (χ3v) is 6.05. The Morgan fingerprint density at radius 2 is 1.67 bits per heavy atom. The minimum Gasteiger partial charge on any atom is -0.489 e. The second-order valence-electron chi connectivity index (χ2n) is 8.68. The number of nitrogens with one attached hydrogen (secondary N) is 1. The van der Waals surface area contributed by atoms with E-state index in [9.17, 15) is 9.59 Å². The summed E-state index contributed by atoms with van der Waals surface area (Å²) < 4.78 is 17.9. The van der Waals surface area contributed by atoms with Gasteiger partial charge in [-0.2, -0.15) is 5.10 Å². The van der Waals surface area contributed by atoms with Gasteiger partial charge in [-0.3, -0.25) is 4.79 Å². The summed E-state index contributed by atoms with van der Waals surface area (Å²) in [5, 5.41) is 4.03. The van der Waals surface area contributed by atoms with Gasteiger partial charge in [0.2, 0.25) is 0 Å². The highest BCUT2D eigenvalue weighted by Gasteiger charge is 2.15. The molecule has 1 N–H and O–H groups in total. The molecule has 1 amide bonds. The van der Waals surface area contributed by atoms with Crippen LogP contribution in [0.15, 0.2) is 107 Å². The van der Waals surface area contributed by atoms with Crippen LogP contribution in [0, 0.1) is 6.92 Å². The average Bonchev–Trinajstić information content (AvgIpc) is 2.94. The van der Waals surface area contributed by atoms with Crippen molar-refractivity contribution in [2.75, 3.05) is 0 Å². The van der Waals surface area contributed by atoms with Crippen LogP contribution >= 0.6 is 15.9 Å². The highest BCUT2D eigenvalue weighted by atomic mass is 79.9. The van der Waals surface area contributed by atoms with Gasteiger partial charge in [-0.1, -0.05) is 64.0 Å². The SMILES string of the molecule is Cc1cccc(C(=O)Oc2ccc(Br)cc2/C=N\NC(=O)[C@@H](C)Oc2ccc(OCc3ccccc3)cc2)c1. The predicted octanol–water partition coefficient (Wildman–Crippen LogP) is 6.47. The molecule has 0 unspecified atom stereocenters. The summed E-state index contributed by atoms with van der Waals surface area (Å²) in [4.78, 5) is 25.1. The van der Waals surface area contributed by atoms with Crippen molar-refractivity contribution in [3.63, 3.8) is 0 Å². The molecular formula is C31H27BrN2O5. The number of hydrogen-bond acceptors (Lipinski definition) is 6. The number of nitrogens with zero attached hydrogens (tertiary/aromatic N) is 1. The molecule has 4 rings (SSSR count). The summed E-state index contributed by atoms with van der Waals surface area (Å²) in [5.41, 5.74) is 5.44. The number of carbonyl (C=O) groups is 2. The maximum atomic E-state index is 12.6. The summed E-state index contributed by atoms with van der Waals surface area (Å²) in [6.45, 7) is 3.99. The van der Waals surface area contributed by atoms with Gasteiger partial charge in [0.15, 0.2) is 6.10 Å². The molecule has 0 saturated carbocycles. The van der Waals surface area contributed by atoms with Gasteiger partial charge in [-0.15, -0.1) is 0 Å². The molecule has 7 nitrogen and oxygen atoms in total. The van der Waals surface area contributed by atoms with E-state index < -0.39 is 18.0 Å². The Bertz CT molecular complexity index is 1460. The number of esters is 1. The van der Waals surface area contributed by atoms with Crippen LogP contribution in [0.2, 0.25) is 0 Å². The van der Waals surface area contributed by atoms with Gasteiger partial charge in [0, 0.05) is 10.0 Å². The van der Waals surface area contributed by atoms with Crippen LogP contribution in [0.3, 0.4) is 0 Å². The number of rotatable bonds is 10. The molecule has 0 spiro atoms. The number of aryl methyl sites for hydroxylation is 1. The van der Waals surface area contributed by atoms with Gasteiger partial charge in [0.25, 0.3) is 5.91 Å². The largest absolute Gasteiger partial charge is 0.489 e. The first-order chi connectivity index (χ1) is 18.9. The van der Waals surface area contributed by atoms with E-state index >= 15 is 0 Å². The Balaban J connectivity index is 1.31. The summed E-state index contributed by atoms with van der Waals surface area (Å²) in [7, 11) is 0. The number of ether oxygens (including phenoxy) is 3. The van der Waals surface area contributed by atoms with Gasteiger partial charge in [0.05, 0.1) is 11.8 Å². The zero-order valence-electron chi connectivity index (χ0n) is 21.5. The Morgan fingerprint density at radius 3 is 2.41 bits per heavy atom. The molecule has 8 heteroatoms. The van der Waals surface area contributed by atoms with Gasteiger partial charge in [0.1, 0.15) is 23.9 Å². The van der Waals surface area contributed by atoms with Crippen LogP contribution in [0.1, 0.15) is 34.0 Å². The van der Waals surface area contributed by atoms with Crippen molar-refractivity contribution >= 4 is 34.0 Å². The molecule has 0 heterocycles. The van der Waals surface area contributed by atoms with E-state index in [1.165, 1.54) is 6.21 Å². The van der Waals surface area contributed by atoms with E-state index in [4.69, 9.17) is 14.2 Å². The average molecular weight is 587 g/mol. The van der Waals surface area contributed by atoms with Crippen LogP contribution in [0.5, 0.6) is 17.2 Å². The molecule has 198 valence electrons. The lowest BCUT2D eigenvalue weighted by atomic mass is 10.1. The first kappa shape index (κ1) is 27.6. The maximum Gasteiger partial charge on any atom is 0.343 e. The smallest absolute Gasteiger partial charge is 0.343 e. The van der Waals surface area contributed by atoms with Crippen LogP contribution in [-0.2, 0) is 11.4 Å². The number of halogens is 1. The summed E-state index contributed by atoms with van der Waals surface area (Å²) in [5.74, 6) is 0.593. The zero-order valence-corrected chi connectivity index (χ0v) is 23.1. The molecule has 0 aliphatic carbocycles. The highest BCUT2D eigenvalue weighted by Crippen LogP contribution is 2.23. The van der Waals surface area contributed by atoms with Gasteiger partial charge in [-0.25, -0.2) is 10.2 Å². The zero-order chi connectivity index (χ0) is 27.6. The highest BCUT2D eigenvalue weighted by molar-refractivity contribution is 9.10. The van der Waals surface area contributed by atoms with Crippen molar-refractivity contribution < 1.29 is 23.8 Å². The number of benzene rings is 4. The molecule has 0 radical (unpaired) electrons. The van der Waals surface area contributed by atoms with E-state index in [-0.39, 0.29) is 0 Å². The molecule has 0 aliphatic heterocycles. The van der Waals surface area contributed by atoms with Crippen molar-refractivity contribution in [1.82, 2.24) is 5.43 Å². The first-order valence-electron chi connectivity index (χ1n) is 12.2. The van der Waals surface area contributed by atoms with E-state index in [0.717, 1.165) is 15.6 Å². The third-order valence-electron chi connectivity index (χ3n) is 5.56. The van der Waals surface area contributed by atoms with E-state index in [2.05, 4.69) is 26.5 Å². The van der Waals surface area contributed by atoms with Crippen molar-refractivity contribution in [2.45, 2.75) is 26.6 Å². The molecule has 0 fully saturated rings. The summed E-state index contributed by atoms with van der Waals surface area (Å²) in [6, 6.07) is 29.2. The quantitative estimate of drug-likeness (QED) is 0.0995. The fourth-order valence-electron chi connectivity index (χ4n) is 3.51. The number of hydrogen-bond donors (Lipinski definition) is 1. The second-order valence-corrected chi connectivity index (χ2v) is 9.60. The number of amides is 1. The lowest BCUT2D eigenvalue weighted by molar-refractivity contribution is -0.127. The van der Waals surface area contributed by atoms with Crippen molar-refractivity contribution in [1.29, 1.82) is 0 Å². The standard InChI is InChI=1S/C31H27BrN2O5/c1-21-7-6-10-24(17-21)31(36)39-29-16-11-26(32)18-25(29)19-33-34-30(35)22(2)38-28-14-12-27(13-15-28)37-20-23-8-4-3-5-9-23/h3-19,22H,20H2,1-2H3,(H,34,35)/b33-19-/t22-/m1/s1. The fourth-order valence-corrected chi connectivity index (χ4v) is 3.89. The lowest BCUT2D eigenvalue weighted by Gasteiger charge is -2.14. The molecule has 0 aliphatic rings. The lowest BCUT2D eigenvalue weighted by Crippen LogP contribution is -2.33. The Morgan fingerprint density at radius 1 is 0.923 bits per heavy atom. The van der Waals surface area contributed by atoms with Crippen LogP contribution in [-0.4, -0.2) is 24.2 Å². The van der Waals surface area contributed by atoms with Crippen molar-refractivity contribution in [3.05, 3.63) is 124 Å². The molecule has 0 aromatic heterocycles. The second kappa shape index (κ2) is 13.4. The molecule has 4 aromatic carbocycles. The van der Waals surface area contributed by atoms with Crippen LogP contribution < -0.4 is 19.6 Å². The minimum atomic E-state index is -0.806. The number of hydrazone groups is 1. The van der Waals surface area contributed by atoms with E-state index in [0.29, 0.717) is 35.0 Å². The molecule has 39 heavy (non-hydrogen) atoms. The molecule has 0 bridgehead atoms. The predicted molar refractivity (Wildman–Crippen MR) is 153 cm³/mol. The first-order valence-corrected chi connectivity index (χ1v) is 13.0. The maximum absolute atomic E-state index is 12.6. The summed E-state index contributed by atoms with van der Waals surface area (Å²) in [6.07, 6.45) is 0.604. The van der Waals surface area contributed by atoms with E-state index in [1.807, 2.05) is 43.3 Å². The van der Waals surface area contributed by atoms with Crippen LogP contribution in [0.25, 0.3) is 0 Å². The third kappa shape index (κ3) is 8.28. The molecule has 0 saturated heterocycles. The molecule has 4 aromatic rings. The fraction of sp³-hybridized carbons (Fsp3) is 0.129. The molecular weight excluding hydrogens is 560 g/mol. The number of carbonyl (C=O) groups excluding carboxylic acids is 2. The van der Waals surface area contributed by atoms with Crippen molar-refractivity contribution in [3.8, 4) is 17.2 Å². The Kier molecular flexibility index (Phi) is 9.48. The topological polar surface area (TPSA) is 86.2 Å². The van der Waals surface area contributed by atoms with Crippen LogP contribution in [0.4, 0.5) is 0 Å². The Hall–Kier alpha value is -4.43. The van der Waals surface area contributed by atoms with E-state index in [1.54, 1.807) is 67.6 Å². The minimum absolute atomic E-state index is 0.307. The van der Waals surface area contributed by atoms with Gasteiger partial charge in [-0.05, 0) is 74.0 Å². The Labute approximate surface area is 235 Å². The normalized spacial score (nSPS) is 11.6.